The van der Waals surface area contributed by atoms with E-state index in [4.69, 9.17) is 14.2 Å². The number of hydrogen-bond acceptors (Lipinski definition) is 7. The molecule has 1 saturated heterocycles. The summed E-state index contributed by atoms with van der Waals surface area (Å²) in [6.45, 7) is 3.59. The molecule has 3 rings (SSSR count). The lowest BCUT2D eigenvalue weighted by Gasteiger charge is -2.31. The Balaban J connectivity index is 1.71. The fourth-order valence-electron chi connectivity index (χ4n) is 3.85. The Bertz CT molecular complexity index is 974. The molecule has 1 amide bonds. The number of nitrogens with zero attached hydrogens (tertiary/aromatic N) is 1. The van der Waals surface area contributed by atoms with Crippen molar-refractivity contribution in [2.45, 2.75) is 44.5 Å². The number of benzene rings is 1. The van der Waals surface area contributed by atoms with Gasteiger partial charge < -0.3 is 24.4 Å². The molecule has 11 heteroatoms. The molecule has 0 unspecified atom stereocenters. The van der Waals surface area contributed by atoms with E-state index < -0.39 is 30.2 Å². The molecule has 0 bridgehead atoms. The monoisotopic (exact) mass is 514 g/mol. The molecule has 1 aromatic carbocycles. The van der Waals surface area contributed by atoms with Gasteiger partial charge in [-0.2, -0.15) is 13.2 Å². The highest BCUT2D eigenvalue weighted by Gasteiger charge is 2.44. The van der Waals surface area contributed by atoms with Gasteiger partial charge in [-0.3, -0.25) is 4.79 Å². The van der Waals surface area contributed by atoms with Crippen molar-refractivity contribution in [1.82, 2.24) is 10.2 Å². The Morgan fingerprint density at radius 2 is 1.77 bits per heavy atom. The Hall–Kier alpha value is -2.79. The highest BCUT2D eigenvalue weighted by molar-refractivity contribution is 7.10. The number of likely N-dealkylation sites (tertiary alicyclic amines) is 1. The maximum atomic E-state index is 13.1. The van der Waals surface area contributed by atoms with Gasteiger partial charge in [-0.1, -0.05) is 0 Å². The van der Waals surface area contributed by atoms with Gasteiger partial charge in [0.25, 0.3) is 0 Å². The summed E-state index contributed by atoms with van der Waals surface area (Å²) in [7, 11) is 1.55. The number of aryl methyl sites for hydroxylation is 1. The van der Waals surface area contributed by atoms with Crippen LogP contribution in [0.15, 0.2) is 35.7 Å². The predicted molar refractivity (Wildman–Crippen MR) is 125 cm³/mol. The number of carbonyl (C=O) groups is 2. The predicted octanol–water partition coefficient (Wildman–Crippen LogP) is 4.26. The average Bonchev–Trinajstić information content (AvgIpc) is 3.48. The van der Waals surface area contributed by atoms with Crippen LogP contribution in [0.5, 0.6) is 11.5 Å². The number of carbonyl (C=O) groups excluding carboxylic acids is 2. The fourth-order valence-corrected chi connectivity index (χ4v) is 4.87. The van der Waals surface area contributed by atoms with Crippen LogP contribution in [0.1, 0.15) is 35.8 Å². The first-order chi connectivity index (χ1) is 16.7. The van der Waals surface area contributed by atoms with E-state index in [1.54, 1.807) is 49.7 Å². The molecule has 35 heavy (non-hydrogen) atoms. The van der Waals surface area contributed by atoms with E-state index in [2.05, 4.69) is 10.2 Å². The fraction of sp³-hybridized carbons (Fsp3) is 0.500. The third kappa shape index (κ3) is 7.86. The van der Waals surface area contributed by atoms with Crippen molar-refractivity contribution in [3.05, 3.63) is 46.2 Å². The smallest absolute Gasteiger partial charge is 0.490 e. The molecular formula is C24H29F3N2O5S. The van der Waals surface area contributed by atoms with Crippen LogP contribution in [-0.2, 0) is 14.3 Å². The lowest BCUT2D eigenvalue weighted by Crippen LogP contribution is -2.48. The molecule has 1 fully saturated rings. The van der Waals surface area contributed by atoms with Crippen molar-refractivity contribution in [2.24, 2.45) is 0 Å². The van der Waals surface area contributed by atoms with E-state index in [-0.39, 0.29) is 19.6 Å². The first-order valence-corrected chi connectivity index (χ1v) is 12.2. The summed E-state index contributed by atoms with van der Waals surface area (Å²) < 4.78 is 54.8. The minimum absolute atomic E-state index is 0.0219. The number of esters is 1. The molecule has 2 atom stereocenters. The van der Waals surface area contributed by atoms with Crippen LogP contribution in [0.2, 0.25) is 0 Å². The minimum Gasteiger partial charge on any atom is -0.497 e. The molecule has 1 aliphatic rings. The molecule has 0 spiro atoms. The van der Waals surface area contributed by atoms with Gasteiger partial charge >= 0.3 is 12.1 Å². The van der Waals surface area contributed by atoms with Gasteiger partial charge in [0.05, 0.1) is 31.1 Å². The van der Waals surface area contributed by atoms with Crippen molar-refractivity contribution in [3.63, 3.8) is 0 Å². The highest BCUT2D eigenvalue weighted by Crippen LogP contribution is 2.33. The second kappa shape index (κ2) is 12.3. The second-order valence-electron chi connectivity index (χ2n) is 8.25. The Morgan fingerprint density at radius 3 is 2.34 bits per heavy atom. The van der Waals surface area contributed by atoms with Crippen molar-refractivity contribution < 1.29 is 37.0 Å². The summed E-state index contributed by atoms with van der Waals surface area (Å²) in [4.78, 5) is 27.1. The average molecular weight is 515 g/mol. The second-order valence-corrected chi connectivity index (χ2v) is 9.19. The number of nitrogens with one attached hydrogen (secondary N) is 1. The zero-order valence-electron chi connectivity index (χ0n) is 19.6. The van der Waals surface area contributed by atoms with E-state index in [1.807, 2.05) is 0 Å². The Labute approximate surface area is 206 Å². The van der Waals surface area contributed by atoms with E-state index >= 15 is 0 Å². The quantitative estimate of drug-likeness (QED) is 0.452. The number of thiophene rings is 1. The van der Waals surface area contributed by atoms with Gasteiger partial charge in [-0.15, -0.1) is 11.3 Å². The van der Waals surface area contributed by atoms with Crippen LogP contribution in [0.25, 0.3) is 0 Å². The standard InChI is InChI=1S/C24H29F3N2O5S/c1-16-10-14-35-22(16)21(34-23(31)24(25,26)27)19(15-29-11-3-4-12-29)28-20(30)9-13-33-18-7-5-17(32-2)6-8-18/h5-8,10,14,19,21H,3-4,9,11-13,15H2,1-2H3,(H,28,30)/t19-,21+/m1/s1. The van der Waals surface area contributed by atoms with E-state index in [1.165, 1.54) is 11.3 Å². The van der Waals surface area contributed by atoms with Crippen LogP contribution in [0.3, 0.4) is 0 Å². The van der Waals surface area contributed by atoms with Crippen LogP contribution in [-0.4, -0.2) is 62.3 Å². The van der Waals surface area contributed by atoms with E-state index in [9.17, 15) is 22.8 Å². The van der Waals surface area contributed by atoms with Gasteiger partial charge in [0.1, 0.15) is 11.5 Å². The number of halogens is 3. The Morgan fingerprint density at radius 1 is 1.11 bits per heavy atom. The Kier molecular flexibility index (Phi) is 9.39. The highest BCUT2D eigenvalue weighted by atomic mass is 32.1. The van der Waals surface area contributed by atoms with Crippen LogP contribution < -0.4 is 14.8 Å². The molecular weight excluding hydrogens is 485 g/mol. The lowest BCUT2D eigenvalue weighted by atomic mass is 10.1. The molecule has 7 nitrogen and oxygen atoms in total. The van der Waals surface area contributed by atoms with E-state index in [0.29, 0.717) is 21.9 Å². The van der Waals surface area contributed by atoms with Crippen LogP contribution in [0.4, 0.5) is 13.2 Å². The summed E-state index contributed by atoms with van der Waals surface area (Å²) in [5.41, 5.74) is 0.693. The molecule has 0 saturated carbocycles. The van der Waals surface area contributed by atoms with Crippen molar-refractivity contribution in [1.29, 1.82) is 0 Å². The normalized spacial score (nSPS) is 15.9. The summed E-state index contributed by atoms with van der Waals surface area (Å²) in [6, 6.07) is 7.75. The number of methoxy groups -OCH3 is 1. The van der Waals surface area contributed by atoms with Crippen molar-refractivity contribution >= 4 is 23.2 Å². The largest absolute Gasteiger partial charge is 0.497 e. The third-order valence-electron chi connectivity index (χ3n) is 5.65. The molecule has 2 aromatic rings. The van der Waals surface area contributed by atoms with Gasteiger partial charge in [0.2, 0.25) is 5.91 Å². The maximum absolute atomic E-state index is 13.1. The molecule has 192 valence electrons. The van der Waals surface area contributed by atoms with Gasteiger partial charge in [0, 0.05) is 6.54 Å². The molecule has 1 aromatic heterocycles. The van der Waals surface area contributed by atoms with Crippen molar-refractivity contribution in [3.8, 4) is 11.5 Å². The summed E-state index contributed by atoms with van der Waals surface area (Å²) in [6.07, 6.45) is -4.51. The van der Waals surface area contributed by atoms with Crippen LogP contribution in [0, 0.1) is 6.92 Å². The zero-order valence-corrected chi connectivity index (χ0v) is 20.4. The minimum atomic E-state index is -5.14. The first-order valence-electron chi connectivity index (χ1n) is 11.3. The zero-order chi connectivity index (χ0) is 25.4. The first kappa shape index (κ1) is 26.8. The van der Waals surface area contributed by atoms with Gasteiger partial charge in [0.15, 0.2) is 6.10 Å². The maximum Gasteiger partial charge on any atom is 0.490 e. The van der Waals surface area contributed by atoms with Gasteiger partial charge in [-0.25, -0.2) is 4.79 Å². The number of hydrogen-bond donors (Lipinski definition) is 1. The molecule has 2 heterocycles. The molecule has 1 N–H and O–H groups in total. The molecule has 0 radical (unpaired) electrons. The summed E-state index contributed by atoms with van der Waals surface area (Å²) in [5, 5.41) is 4.52. The van der Waals surface area contributed by atoms with Gasteiger partial charge in [-0.05, 0) is 74.1 Å². The molecule has 0 aliphatic carbocycles. The topological polar surface area (TPSA) is 77.1 Å². The number of amides is 1. The number of alkyl halides is 3. The SMILES string of the molecule is COc1ccc(OCCC(=O)N[C@H](CN2CCCC2)[C@H](OC(=O)C(F)(F)F)c2sccc2C)cc1. The van der Waals surface area contributed by atoms with Crippen molar-refractivity contribution in [2.75, 3.05) is 33.4 Å². The lowest BCUT2D eigenvalue weighted by molar-refractivity contribution is -0.206. The van der Waals surface area contributed by atoms with E-state index in [0.717, 1.165) is 25.9 Å². The molecule has 1 aliphatic heterocycles. The third-order valence-corrected chi connectivity index (χ3v) is 6.73. The summed E-state index contributed by atoms with van der Waals surface area (Å²) >= 11 is 1.19. The number of ether oxygens (including phenoxy) is 3. The number of rotatable bonds is 11. The summed E-state index contributed by atoms with van der Waals surface area (Å²) in [5.74, 6) is -1.47. The van der Waals surface area contributed by atoms with Crippen LogP contribution >= 0.6 is 11.3 Å².